The summed E-state index contributed by atoms with van der Waals surface area (Å²) in [6.45, 7) is 7.38. The summed E-state index contributed by atoms with van der Waals surface area (Å²) in [7, 11) is 0. The van der Waals surface area contributed by atoms with Crippen LogP contribution in [0.3, 0.4) is 0 Å². The third kappa shape index (κ3) is 4.03. The summed E-state index contributed by atoms with van der Waals surface area (Å²) in [4.78, 5) is 17.6. The lowest BCUT2D eigenvalue weighted by atomic mass is 9.98. The predicted molar refractivity (Wildman–Crippen MR) is 97.4 cm³/mol. The predicted octanol–water partition coefficient (Wildman–Crippen LogP) is 3.26. The fourth-order valence-electron chi connectivity index (χ4n) is 3.42. The largest absolute Gasteiger partial charge is 0.314 e. The van der Waals surface area contributed by atoms with Gasteiger partial charge in [0.2, 0.25) is 0 Å². The van der Waals surface area contributed by atoms with E-state index in [2.05, 4.69) is 15.2 Å². The summed E-state index contributed by atoms with van der Waals surface area (Å²) < 4.78 is 0. The van der Waals surface area contributed by atoms with Crippen molar-refractivity contribution in [3.05, 3.63) is 69.5 Å². The molecule has 1 aliphatic heterocycles. The molecule has 0 spiro atoms. The van der Waals surface area contributed by atoms with Gasteiger partial charge in [-0.05, 0) is 29.2 Å². The molecule has 1 atom stereocenters. The van der Waals surface area contributed by atoms with E-state index in [9.17, 15) is 10.1 Å². The highest BCUT2D eigenvalue weighted by atomic mass is 16.6. The van der Waals surface area contributed by atoms with Gasteiger partial charge >= 0.3 is 0 Å². The first-order valence-corrected chi connectivity index (χ1v) is 8.68. The molecule has 1 saturated heterocycles. The van der Waals surface area contributed by atoms with Crippen molar-refractivity contribution < 1.29 is 4.92 Å². The second-order valence-corrected chi connectivity index (χ2v) is 6.78. The maximum Gasteiger partial charge on any atom is 0.273 e. The Hall–Kier alpha value is -2.31. The number of benzene rings is 1. The Morgan fingerprint density at radius 2 is 2.08 bits per heavy atom. The number of piperazine rings is 1. The molecular formula is C19H24N4O2. The van der Waals surface area contributed by atoms with E-state index in [4.69, 9.17) is 0 Å². The van der Waals surface area contributed by atoms with Crippen LogP contribution in [0.1, 0.15) is 42.5 Å². The summed E-state index contributed by atoms with van der Waals surface area (Å²) >= 11 is 0. The number of hydrogen-bond acceptors (Lipinski definition) is 5. The number of nitro benzene ring substituents is 1. The normalized spacial score (nSPS) is 18.4. The zero-order valence-corrected chi connectivity index (χ0v) is 14.7. The Kier molecular flexibility index (Phi) is 5.40. The molecule has 25 heavy (non-hydrogen) atoms. The fraction of sp³-hybridized carbons (Fsp3) is 0.421. The Balaban J connectivity index is 1.85. The highest BCUT2D eigenvalue weighted by Gasteiger charge is 2.25. The van der Waals surface area contributed by atoms with E-state index in [-0.39, 0.29) is 22.6 Å². The van der Waals surface area contributed by atoms with Crippen LogP contribution in [0.5, 0.6) is 0 Å². The molecule has 2 aromatic rings. The van der Waals surface area contributed by atoms with Crippen molar-refractivity contribution in [2.45, 2.75) is 32.4 Å². The monoisotopic (exact) mass is 340 g/mol. The number of nitrogens with zero attached hydrogens (tertiary/aromatic N) is 3. The first-order valence-electron chi connectivity index (χ1n) is 8.68. The highest BCUT2D eigenvalue weighted by molar-refractivity contribution is 5.45. The highest BCUT2D eigenvalue weighted by Crippen LogP contribution is 2.29. The molecule has 1 fully saturated rings. The van der Waals surface area contributed by atoms with Crippen LogP contribution >= 0.6 is 0 Å². The molecule has 1 unspecified atom stereocenters. The van der Waals surface area contributed by atoms with E-state index < -0.39 is 0 Å². The molecular weight excluding hydrogens is 316 g/mol. The van der Waals surface area contributed by atoms with E-state index in [1.807, 2.05) is 50.5 Å². The number of nitro groups is 1. The van der Waals surface area contributed by atoms with Crippen LogP contribution in [-0.4, -0.2) is 34.4 Å². The second kappa shape index (κ2) is 7.72. The van der Waals surface area contributed by atoms with E-state index >= 15 is 0 Å². The quantitative estimate of drug-likeness (QED) is 0.668. The molecule has 0 amide bonds. The van der Waals surface area contributed by atoms with Gasteiger partial charge in [0.25, 0.3) is 5.69 Å². The molecule has 1 aromatic carbocycles. The zero-order valence-electron chi connectivity index (χ0n) is 14.7. The average Bonchev–Trinajstić information content (AvgIpc) is 2.62. The minimum atomic E-state index is -0.267. The molecule has 0 radical (unpaired) electrons. The first-order chi connectivity index (χ1) is 12.1. The molecule has 132 valence electrons. The van der Waals surface area contributed by atoms with Gasteiger partial charge in [-0.3, -0.25) is 20.0 Å². The fourth-order valence-corrected chi connectivity index (χ4v) is 3.42. The third-order valence-corrected chi connectivity index (χ3v) is 4.74. The number of aromatic nitrogens is 1. The maximum atomic E-state index is 11.4. The topological polar surface area (TPSA) is 71.3 Å². The smallest absolute Gasteiger partial charge is 0.273 e. The van der Waals surface area contributed by atoms with Crippen molar-refractivity contribution in [3.63, 3.8) is 0 Å². The van der Waals surface area contributed by atoms with Crippen LogP contribution in [0.4, 0.5) is 5.69 Å². The standard InChI is InChI=1S/C19H24N4O2/c1-14(2)17-4-3-15(11-18(17)23(24)25)13-22-10-9-21-12-19(22)16-5-7-20-8-6-16/h3-8,11,14,19,21H,9-10,12-13H2,1-2H3. The summed E-state index contributed by atoms with van der Waals surface area (Å²) in [5.41, 5.74) is 3.22. The van der Waals surface area contributed by atoms with Gasteiger partial charge in [-0.25, -0.2) is 0 Å². The molecule has 3 rings (SSSR count). The van der Waals surface area contributed by atoms with Gasteiger partial charge in [-0.1, -0.05) is 26.0 Å². The Labute approximate surface area is 148 Å². The van der Waals surface area contributed by atoms with Gasteiger partial charge in [-0.15, -0.1) is 0 Å². The summed E-state index contributed by atoms with van der Waals surface area (Å²) in [6.07, 6.45) is 3.62. The van der Waals surface area contributed by atoms with Crippen molar-refractivity contribution in [2.24, 2.45) is 0 Å². The molecule has 6 heteroatoms. The lowest BCUT2D eigenvalue weighted by Crippen LogP contribution is -2.45. The number of rotatable bonds is 5. The van der Waals surface area contributed by atoms with Gasteiger partial charge in [0.15, 0.2) is 0 Å². The Morgan fingerprint density at radius 3 is 2.76 bits per heavy atom. The SMILES string of the molecule is CC(C)c1ccc(CN2CCNCC2c2ccncc2)cc1[N+](=O)[O-]. The van der Waals surface area contributed by atoms with Crippen molar-refractivity contribution >= 4 is 5.69 Å². The van der Waals surface area contributed by atoms with Crippen LogP contribution in [-0.2, 0) is 6.54 Å². The number of pyridine rings is 1. The lowest BCUT2D eigenvalue weighted by molar-refractivity contribution is -0.385. The van der Waals surface area contributed by atoms with Crippen LogP contribution in [0, 0.1) is 10.1 Å². The minimum Gasteiger partial charge on any atom is -0.314 e. The molecule has 0 aliphatic carbocycles. The summed E-state index contributed by atoms with van der Waals surface area (Å²) in [6, 6.07) is 9.99. The van der Waals surface area contributed by atoms with E-state index in [1.54, 1.807) is 6.07 Å². The van der Waals surface area contributed by atoms with E-state index in [0.717, 1.165) is 30.8 Å². The average molecular weight is 340 g/mol. The summed E-state index contributed by atoms with van der Waals surface area (Å²) in [5.74, 6) is 0.137. The molecule has 6 nitrogen and oxygen atoms in total. The van der Waals surface area contributed by atoms with Gasteiger partial charge in [0.1, 0.15) is 0 Å². The minimum absolute atomic E-state index is 0.137. The number of nitrogens with one attached hydrogen (secondary N) is 1. The van der Waals surface area contributed by atoms with Gasteiger partial charge in [0, 0.05) is 56.2 Å². The Morgan fingerprint density at radius 1 is 1.32 bits per heavy atom. The molecule has 0 bridgehead atoms. The molecule has 1 aromatic heterocycles. The molecule has 1 N–H and O–H groups in total. The zero-order chi connectivity index (χ0) is 17.8. The van der Waals surface area contributed by atoms with Crippen molar-refractivity contribution in [1.82, 2.24) is 15.2 Å². The lowest BCUT2D eigenvalue weighted by Gasteiger charge is -2.36. The van der Waals surface area contributed by atoms with Crippen molar-refractivity contribution in [2.75, 3.05) is 19.6 Å². The van der Waals surface area contributed by atoms with E-state index in [1.165, 1.54) is 5.56 Å². The van der Waals surface area contributed by atoms with Gasteiger partial charge < -0.3 is 5.32 Å². The third-order valence-electron chi connectivity index (χ3n) is 4.74. The van der Waals surface area contributed by atoms with E-state index in [0.29, 0.717) is 6.54 Å². The van der Waals surface area contributed by atoms with Crippen LogP contribution < -0.4 is 5.32 Å². The number of hydrogen-bond donors (Lipinski definition) is 1. The van der Waals surface area contributed by atoms with Crippen LogP contribution in [0.2, 0.25) is 0 Å². The Bertz CT molecular complexity index is 733. The molecule has 2 heterocycles. The van der Waals surface area contributed by atoms with Crippen molar-refractivity contribution in [3.8, 4) is 0 Å². The van der Waals surface area contributed by atoms with Gasteiger partial charge in [-0.2, -0.15) is 0 Å². The van der Waals surface area contributed by atoms with Crippen LogP contribution in [0.15, 0.2) is 42.7 Å². The van der Waals surface area contributed by atoms with Gasteiger partial charge in [0.05, 0.1) is 4.92 Å². The second-order valence-electron chi connectivity index (χ2n) is 6.78. The first kappa shape index (κ1) is 17.5. The summed E-state index contributed by atoms with van der Waals surface area (Å²) in [5, 5.41) is 14.9. The van der Waals surface area contributed by atoms with Crippen molar-refractivity contribution in [1.29, 1.82) is 0 Å². The van der Waals surface area contributed by atoms with Crippen LogP contribution in [0.25, 0.3) is 0 Å². The maximum absolute atomic E-state index is 11.4. The molecule has 0 saturated carbocycles. The molecule has 1 aliphatic rings.